The molecular formula is C29H52O. The first-order valence-electron chi connectivity index (χ1n) is 13.9. The van der Waals surface area contributed by atoms with Gasteiger partial charge < -0.3 is 5.11 Å². The molecule has 0 saturated heterocycles. The van der Waals surface area contributed by atoms with E-state index in [9.17, 15) is 5.11 Å². The fraction of sp³-hybridized carbons (Fsp3) is 1.00. The maximum absolute atomic E-state index is 10.3. The van der Waals surface area contributed by atoms with Gasteiger partial charge in [0.2, 0.25) is 0 Å². The van der Waals surface area contributed by atoms with Crippen LogP contribution in [-0.4, -0.2) is 11.2 Å². The van der Waals surface area contributed by atoms with Crippen LogP contribution < -0.4 is 0 Å². The number of aliphatic hydroxyl groups is 1. The van der Waals surface area contributed by atoms with E-state index in [0.29, 0.717) is 10.8 Å². The predicted octanol–water partition coefficient (Wildman–Crippen LogP) is 8.10. The van der Waals surface area contributed by atoms with Gasteiger partial charge in [-0.25, -0.2) is 0 Å². The Balaban J connectivity index is 1.45. The Labute approximate surface area is 188 Å². The second-order valence-corrected chi connectivity index (χ2v) is 13.3. The molecule has 174 valence electrons. The summed E-state index contributed by atoms with van der Waals surface area (Å²) in [6, 6.07) is 0. The summed E-state index contributed by atoms with van der Waals surface area (Å²) in [5, 5.41) is 10.3. The van der Waals surface area contributed by atoms with E-state index in [-0.39, 0.29) is 6.10 Å². The van der Waals surface area contributed by atoms with Crippen molar-refractivity contribution in [1.82, 2.24) is 0 Å². The standard InChI is InChI=1S/C29H52O/c1-7-21(19(2)3)9-8-20(4)25-12-13-26-24-11-10-22-18-23(30)14-16-28(22,5)27(24)15-17-29(25,26)6/h19-27,30H,7-18H2,1-6H3/t20?,21?,22-,23+,24?,25-,26?,27?,28+,29-/m1/s1. The monoisotopic (exact) mass is 416 g/mol. The normalized spacial score (nSPS) is 48.0. The van der Waals surface area contributed by atoms with Gasteiger partial charge in [-0.15, -0.1) is 0 Å². The lowest BCUT2D eigenvalue weighted by molar-refractivity contribution is -0.129. The first-order chi connectivity index (χ1) is 14.2. The van der Waals surface area contributed by atoms with E-state index in [0.717, 1.165) is 60.2 Å². The van der Waals surface area contributed by atoms with Gasteiger partial charge >= 0.3 is 0 Å². The molecule has 4 saturated carbocycles. The molecule has 5 unspecified atom stereocenters. The summed E-state index contributed by atoms with van der Waals surface area (Å²) < 4.78 is 0. The summed E-state index contributed by atoms with van der Waals surface area (Å²) in [7, 11) is 0. The Morgan fingerprint density at radius 3 is 2.23 bits per heavy atom. The van der Waals surface area contributed by atoms with Crippen molar-refractivity contribution in [3.8, 4) is 0 Å². The van der Waals surface area contributed by atoms with Gasteiger partial charge in [-0.2, -0.15) is 0 Å². The van der Waals surface area contributed by atoms with Crippen molar-refractivity contribution in [3.63, 3.8) is 0 Å². The fourth-order valence-corrected chi connectivity index (χ4v) is 9.90. The SMILES string of the molecule is CCC(CCC(C)[C@H]1CCC2C3CC[C@@H]4C[C@@H](O)CC[C@]4(C)C3CC[C@@]21C)C(C)C. The number of hydrogen-bond donors (Lipinski definition) is 1. The van der Waals surface area contributed by atoms with Gasteiger partial charge in [0.05, 0.1) is 6.10 Å². The molecule has 1 N–H and O–H groups in total. The molecule has 0 heterocycles. The summed E-state index contributed by atoms with van der Waals surface area (Å²) in [6.07, 6.45) is 16.5. The van der Waals surface area contributed by atoms with E-state index in [1.54, 1.807) is 0 Å². The van der Waals surface area contributed by atoms with E-state index in [2.05, 4.69) is 41.5 Å². The van der Waals surface area contributed by atoms with Crippen LogP contribution in [0.2, 0.25) is 0 Å². The maximum Gasteiger partial charge on any atom is 0.0543 e. The summed E-state index contributed by atoms with van der Waals surface area (Å²) in [6.45, 7) is 15.2. The van der Waals surface area contributed by atoms with Crippen LogP contribution in [0.15, 0.2) is 0 Å². The fourth-order valence-electron chi connectivity index (χ4n) is 9.90. The number of rotatable bonds is 6. The van der Waals surface area contributed by atoms with Crippen LogP contribution in [0.4, 0.5) is 0 Å². The zero-order valence-corrected chi connectivity index (χ0v) is 21.1. The minimum Gasteiger partial charge on any atom is -0.393 e. The van der Waals surface area contributed by atoms with Gasteiger partial charge in [0.25, 0.3) is 0 Å². The summed E-state index contributed by atoms with van der Waals surface area (Å²) in [5.74, 6) is 7.34. The molecule has 4 rings (SSSR count). The average Bonchev–Trinajstić information content (AvgIpc) is 3.06. The number of aliphatic hydroxyl groups excluding tert-OH is 1. The van der Waals surface area contributed by atoms with Gasteiger partial charge in [0.15, 0.2) is 0 Å². The second kappa shape index (κ2) is 8.72. The Morgan fingerprint density at radius 1 is 0.833 bits per heavy atom. The quantitative estimate of drug-likeness (QED) is 0.463. The lowest BCUT2D eigenvalue weighted by atomic mass is 9.44. The highest BCUT2D eigenvalue weighted by Gasteiger charge is 2.60. The third-order valence-electron chi connectivity index (χ3n) is 11.9. The molecule has 10 atom stereocenters. The van der Waals surface area contributed by atoms with Crippen LogP contribution in [0.3, 0.4) is 0 Å². The molecule has 1 nitrogen and oxygen atoms in total. The van der Waals surface area contributed by atoms with Crippen LogP contribution in [0, 0.1) is 58.2 Å². The molecule has 0 aromatic heterocycles. The van der Waals surface area contributed by atoms with Crippen LogP contribution >= 0.6 is 0 Å². The average molecular weight is 417 g/mol. The molecule has 0 spiro atoms. The van der Waals surface area contributed by atoms with Crippen LogP contribution in [0.25, 0.3) is 0 Å². The minimum absolute atomic E-state index is 0.0111. The Bertz CT molecular complexity index is 583. The second-order valence-electron chi connectivity index (χ2n) is 13.3. The van der Waals surface area contributed by atoms with Crippen LogP contribution in [0.5, 0.6) is 0 Å². The zero-order chi connectivity index (χ0) is 21.7. The van der Waals surface area contributed by atoms with E-state index < -0.39 is 0 Å². The molecule has 30 heavy (non-hydrogen) atoms. The Morgan fingerprint density at radius 2 is 1.53 bits per heavy atom. The first-order valence-corrected chi connectivity index (χ1v) is 13.9. The molecular weight excluding hydrogens is 364 g/mol. The maximum atomic E-state index is 10.3. The van der Waals surface area contributed by atoms with E-state index in [1.807, 2.05) is 0 Å². The van der Waals surface area contributed by atoms with Gasteiger partial charge in [-0.1, -0.05) is 54.4 Å². The van der Waals surface area contributed by atoms with Crippen molar-refractivity contribution in [2.75, 3.05) is 0 Å². The minimum atomic E-state index is -0.0111. The van der Waals surface area contributed by atoms with Crippen LogP contribution in [-0.2, 0) is 0 Å². The highest BCUT2D eigenvalue weighted by atomic mass is 16.3. The molecule has 4 aliphatic carbocycles. The number of hydrogen-bond acceptors (Lipinski definition) is 1. The smallest absolute Gasteiger partial charge is 0.0543 e. The van der Waals surface area contributed by atoms with E-state index in [1.165, 1.54) is 64.2 Å². The molecule has 4 aliphatic rings. The van der Waals surface area contributed by atoms with Crippen molar-refractivity contribution in [2.45, 2.75) is 125 Å². The third kappa shape index (κ3) is 3.82. The van der Waals surface area contributed by atoms with Gasteiger partial charge in [-0.3, -0.25) is 0 Å². The van der Waals surface area contributed by atoms with Crippen molar-refractivity contribution in [3.05, 3.63) is 0 Å². The van der Waals surface area contributed by atoms with Crippen molar-refractivity contribution < 1.29 is 5.11 Å². The van der Waals surface area contributed by atoms with E-state index >= 15 is 0 Å². The highest BCUT2D eigenvalue weighted by molar-refractivity contribution is 5.09. The Kier molecular flexibility index (Phi) is 6.72. The Hall–Kier alpha value is -0.0400. The predicted molar refractivity (Wildman–Crippen MR) is 128 cm³/mol. The molecule has 4 fully saturated rings. The molecule has 0 radical (unpaired) electrons. The van der Waals surface area contributed by atoms with Crippen LogP contribution in [0.1, 0.15) is 119 Å². The molecule has 0 bridgehead atoms. The van der Waals surface area contributed by atoms with Crippen molar-refractivity contribution >= 4 is 0 Å². The summed E-state index contributed by atoms with van der Waals surface area (Å²) >= 11 is 0. The molecule has 1 heteroatoms. The molecule has 0 amide bonds. The largest absolute Gasteiger partial charge is 0.393 e. The molecule has 0 aliphatic heterocycles. The van der Waals surface area contributed by atoms with Crippen molar-refractivity contribution in [1.29, 1.82) is 0 Å². The zero-order valence-electron chi connectivity index (χ0n) is 21.1. The lowest BCUT2D eigenvalue weighted by Crippen LogP contribution is -2.54. The van der Waals surface area contributed by atoms with Crippen molar-refractivity contribution in [2.24, 2.45) is 58.2 Å². The van der Waals surface area contributed by atoms with Gasteiger partial charge in [0, 0.05) is 0 Å². The van der Waals surface area contributed by atoms with Gasteiger partial charge in [-0.05, 0) is 122 Å². The highest BCUT2D eigenvalue weighted by Crippen LogP contribution is 2.68. The molecule has 0 aromatic carbocycles. The summed E-state index contributed by atoms with van der Waals surface area (Å²) in [4.78, 5) is 0. The van der Waals surface area contributed by atoms with E-state index in [4.69, 9.17) is 0 Å². The summed E-state index contributed by atoms with van der Waals surface area (Å²) in [5.41, 5.74) is 1.14. The third-order valence-corrected chi connectivity index (χ3v) is 11.9. The molecule has 0 aromatic rings. The topological polar surface area (TPSA) is 20.2 Å². The number of fused-ring (bicyclic) bond motifs is 5. The first kappa shape index (κ1) is 23.1. The lowest BCUT2D eigenvalue weighted by Gasteiger charge is -2.61. The van der Waals surface area contributed by atoms with Gasteiger partial charge in [0.1, 0.15) is 0 Å².